The van der Waals surface area contributed by atoms with Crippen LogP contribution in [0.4, 0.5) is 5.69 Å². The van der Waals surface area contributed by atoms with Gasteiger partial charge in [-0.25, -0.2) is 0 Å². The van der Waals surface area contributed by atoms with Crippen molar-refractivity contribution in [2.24, 2.45) is 0 Å². The average Bonchev–Trinajstić information content (AvgIpc) is 2.84. The standard InChI is InChI=1S/C27H29N3O2/c1-21(31)22-12-14-25(15-13-22)30-18-16-29(17-19-30)20-26(32)28-27(23-8-4-2-5-9-23)24-10-6-3-7-11-24/h2-15,27H,16-20H2,1H3,(H,28,32). The van der Waals surface area contributed by atoms with Crippen LogP contribution in [0.1, 0.15) is 34.5 Å². The lowest BCUT2D eigenvalue weighted by molar-refractivity contribution is -0.122. The molecule has 0 bridgehead atoms. The normalized spacial score (nSPS) is 14.4. The van der Waals surface area contributed by atoms with E-state index in [9.17, 15) is 9.59 Å². The number of benzene rings is 3. The summed E-state index contributed by atoms with van der Waals surface area (Å²) >= 11 is 0. The first kappa shape index (κ1) is 21.8. The Morgan fingerprint density at radius 3 is 1.81 bits per heavy atom. The van der Waals surface area contributed by atoms with E-state index in [1.807, 2.05) is 84.9 Å². The van der Waals surface area contributed by atoms with Crippen LogP contribution in [-0.2, 0) is 4.79 Å². The van der Waals surface area contributed by atoms with Crippen LogP contribution in [0.25, 0.3) is 0 Å². The van der Waals surface area contributed by atoms with Crippen molar-refractivity contribution in [2.75, 3.05) is 37.6 Å². The number of nitrogens with one attached hydrogen (secondary N) is 1. The zero-order valence-electron chi connectivity index (χ0n) is 18.4. The molecule has 5 nitrogen and oxygen atoms in total. The molecule has 1 N–H and O–H groups in total. The number of carbonyl (C=O) groups excluding carboxylic acids is 2. The van der Waals surface area contributed by atoms with E-state index in [2.05, 4.69) is 15.1 Å². The smallest absolute Gasteiger partial charge is 0.234 e. The molecule has 1 aliphatic heterocycles. The lowest BCUT2D eigenvalue weighted by atomic mass is 9.99. The highest BCUT2D eigenvalue weighted by Gasteiger charge is 2.22. The minimum atomic E-state index is -0.161. The molecular formula is C27H29N3O2. The van der Waals surface area contributed by atoms with E-state index >= 15 is 0 Å². The summed E-state index contributed by atoms with van der Waals surface area (Å²) in [5.41, 5.74) is 4.00. The summed E-state index contributed by atoms with van der Waals surface area (Å²) in [4.78, 5) is 28.9. The molecule has 1 saturated heterocycles. The summed E-state index contributed by atoms with van der Waals surface area (Å²) in [6, 6.07) is 27.8. The predicted octanol–water partition coefficient (Wildman–Crippen LogP) is 3.92. The van der Waals surface area contributed by atoms with Crippen molar-refractivity contribution in [3.8, 4) is 0 Å². The first-order chi connectivity index (χ1) is 15.6. The summed E-state index contributed by atoms with van der Waals surface area (Å²) in [6.45, 7) is 5.32. The molecule has 1 amide bonds. The second-order valence-corrected chi connectivity index (χ2v) is 8.19. The largest absolute Gasteiger partial charge is 0.369 e. The van der Waals surface area contributed by atoms with Gasteiger partial charge in [-0.05, 0) is 42.3 Å². The number of piperazine rings is 1. The van der Waals surface area contributed by atoms with Crippen molar-refractivity contribution in [2.45, 2.75) is 13.0 Å². The van der Waals surface area contributed by atoms with E-state index in [1.54, 1.807) is 6.92 Å². The molecule has 0 unspecified atom stereocenters. The number of rotatable bonds is 7. The fraction of sp³-hybridized carbons (Fsp3) is 0.259. The van der Waals surface area contributed by atoms with Gasteiger partial charge in [0.2, 0.25) is 5.91 Å². The van der Waals surface area contributed by atoms with E-state index in [-0.39, 0.29) is 17.7 Å². The summed E-state index contributed by atoms with van der Waals surface area (Å²) in [7, 11) is 0. The minimum Gasteiger partial charge on any atom is -0.369 e. The first-order valence-corrected chi connectivity index (χ1v) is 11.1. The Balaban J connectivity index is 1.34. The lowest BCUT2D eigenvalue weighted by Crippen LogP contribution is -2.49. The summed E-state index contributed by atoms with van der Waals surface area (Å²) in [5.74, 6) is 0.110. The number of carbonyl (C=O) groups is 2. The molecular weight excluding hydrogens is 398 g/mol. The molecule has 0 spiro atoms. The molecule has 4 rings (SSSR count). The summed E-state index contributed by atoms with van der Waals surface area (Å²) < 4.78 is 0. The Labute approximate surface area is 189 Å². The van der Waals surface area contributed by atoms with Crippen LogP contribution >= 0.6 is 0 Å². The van der Waals surface area contributed by atoms with Crippen molar-refractivity contribution in [1.82, 2.24) is 10.2 Å². The Bertz CT molecular complexity index is 988. The Kier molecular flexibility index (Phi) is 6.97. The monoisotopic (exact) mass is 427 g/mol. The molecule has 1 fully saturated rings. The number of hydrogen-bond donors (Lipinski definition) is 1. The van der Waals surface area contributed by atoms with Gasteiger partial charge in [0.25, 0.3) is 0 Å². The molecule has 3 aromatic carbocycles. The topological polar surface area (TPSA) is 52.7 Å². The van der Waals surface area contributed by atoms with Gasteiger partial charge in [-0.2, -0.15) is 0 Å². The number of ketones is 1. The molecule has 1 heterocycles. The van der Waals surface area contributed by atoms with Crippen LogP contribution in [0.2, 0.25) is 0 Å². The Hall–Kier alpha value is -3.44. The molecule has 5 heteroatoms. The first-order valence-electron chi connectivity index (χ1n) is 11.1. The summed E-state index contributed by atoms with van der Waals surface area (Å²) in [5, 5.41) is 3.23. The van der Waals surface area contributed by atoms with Crippen molar-refractivity contribution in [3.05, 3.63) is 102 Å². The molecule has 0 aliphatic carbocycles. The average molecular weight is 428 g/mol. The van der Waals surface area contributed by atoms with Crippen LogP contribution in [0.15, 0.2) is 84.9 Å². The third kappa shape index (κ3) is 5.42. The predicted molar refractivity (Wildman–Crippen MR) is 128 cm³/mol. The SMILES string of the molecule is CC(=O)c1ccc(N2CCN(CC(=O)NC(c3ccccc3)c3ccccc3)CC2)cc1. The highest BCUT2D eigenvalue weighted by atomic mass is 16.2. The van der Waals surface area contributed by atoms with E-state index in [1.165, 1.54) is 0 Å². The zero-order chi connectivity index (χ0) is 22.3. The van der Waals surface area contributed by atoms with Crippen molar-refractivity contribution < 1.29 is 9.59 Å². The molecule has 1 aliphatic rings. The second-order valence-electron chi connectivity index (χ2n) is 8.19. The lowest BCUT2D eigenvalue weighted by Gasteiger charge is -2.36. The van der Waals surface area contributed by atoms with Crippen LogP contribution in [0.3, 0.4) is 0 Å². The van der Waals surface area contributed by atoms with Crippen LogP contribution in [0.5, 0.6) is 0 Å². The van der Waals surface area contributed by atoms with Gasteiger partial charge >= 0.3 is 0 Å². The van der Waals surface area contributed by atoms with Gasteiger partial charge < -0.3 is 10.2 Å². The fourth-order valence-corrected chi connectivity index (χ4v) is 4.13. The number of Topliss-reactive ketones (excluding diaryl/α,β-unsaturated/α-hetero) is 1. The maximum atomic E-state index is 12.9. The highest BCUT2D eigenvalue weighted by Crippen LogP contribution is 2.22. The quantitative estimate of drug-likeness (QED) is 0.581. The fourth-order valence-electron chi connectivity index (χ4n) is 4.13. The molecule has 0 aromatic heterocycles. The summed E-state index contributed by atoms with van der Waals surface area (Å²) in [6.07, 6.45) is 0. The second kappa shape index (κ2) is 10.2. The molecule has 164 valence electrons. The van der Waals surface area contributed by atoms with Gasteiger partial charge in [0.15, 0.2) is 5.78 Å². The van der Waals surface area contributed by atoms with Crippen LogP contribution < -0.4 is 10.2 Å². The molecule has 0 atom stereocenters. The van der Waals surface area contributed by atoms with Crippen molar-refractivity contribution in [3.63, 3.8) is 0 Å². The van der Waals surface area contributed by atoms with Crippen LogP contribution in [0, 0.1) is 0 Å². The number of amides is 1. The third-order valence-electron chi connectivity index (χ3n) is 5.95. The zero-order valence-corrected chi connectivity index (χ0v) is 18.4. The van der Waals surface area contributed by atoms with Crippen LogP contribution in [-0.4, -0.2) is 49.3 Å². The van der Waals surface area contributed by atoms with Gasteiger partial charge in [0.05, 0.1) is 12.6 Å². The van der Waals surface area contributed by atoms with E-state index < -0.39 is 0 Å². The molecule has 32 heavy (non-hydrogen) atoms. The Morgan fingerprint density at radius 2 is 1.31 bits per heavy atom. The third-order valence-corrected chi connectivity index (χ3v) is 5.95. The maximum Gasteiger partial charge on any atom is 0.234 e. The van der Waals surface area contributed by atoms with Crippen molar-refractivity contribution >= 4 is 17.4 Å². The minimum absolute atomic E-state index is 0.0296. The maximum absolute atomic E-state index is 12.9. The van der Waals surface area contributed by atoms with Gasteiger partial charge in [-0.1, -0.05) is 60.7 Å². The Morgan fingerprint density at radius 1 is 0.781 bits per heavy atom. The van der Waals surface area contributed by atoms with Gasteiger partial charge in [0.1, 0.15) is 0 Å². The van der Waals surface area contributed by atoms with E-state index in [0.717, 1.165) is 48.6 Å². The van der Waals surface area contributed by atoms with Gasteiger partial charge in [0, 0.05) is 37.4 Å². The molecule has 0 saturated carbocycles. The number of hydrogen-bond acceptors (Lipinski definition) is 4. The van der Waals surface area contributed by atoms with Crippen molar-refractivity contribution in [1.29, 1.82) is 0 Å². The molecule has 0 radical (unpaired) electrons. The van der Waals surface area contributed by atoms with Gasteiger partial charge in [-0.3, -0.25) is 14.5 Å². The number of anilines is 1. The van der Waals surface area contributed by atoms with Gasteiger partial charge in [-0.15, -0.1) is 0 Å². The number of nitrogens with zero attached hydrogens (tertiary/aromatic N) is 2. The van der Waals surface area contributed by atoms with E-state index in [0.29, 0.717) is 6.54 Å². The highest BCUT2D eigenvalue weighted by molar-refractivity contribution is 5.94. The van der Waals surface area contributed by atoms with E-state index in [4.69, 9.17) is 0 Å². The molecule has 3 aromatic rings.